The average Bonchev–Trinajstić information content (AvgIpc) is 3.97. The lowest BCUT2D eigenvalue weighted by molar-refractivity contribution is -0.136. The van der Waals surface area contributed by atoms with Crippen molar-refractivity contribution < 1.29 is 32.9 Å². The van der Waals surface area contributed by atoms with Crippen molar-refractivity contribution in [2.75, 3.05) is 99.8 Å². The number of likely N-dealkylation sites (tertiary alicyclic amines) is 1. The van der Waals surface area contributed by atoms with Crippen LogP contribution in [0.2, 0.25) is 5.02 Å². The highest BCUT2D eigenvalue weighted by atomic mass is 35.5. The molecule has 6 aromatic rings. The predicted octanol–water partition coefficient (Wildman–Crippen LogP) is 6.26. The molecule has 4 amide bonds. The van der Waals surface area contributed by atoms with E-state index in [1.165, 1.54) is 13.3 Å². The van der Waals surface area contributed by atoms with Crippen molar-refractivity contribution >= 4 is 93.2 Å². The number of imide groups is 2. The lowest BCUT2D eigenvalue weighted by Gasteiger charge is -2.44. The van der Waals surface area contributed by atoms with Crippen molar-refractivity contribution in [3.05, 3.63) is 89.3 Å². The molecule has 11 rings (SSSR count). The molecule has 5 aliphatic heterocycles. The molecule has 5 aliphatic rings. The summed E-state index contributed by atoms with van der Waals surface area (Å²) in [5.74, 6) is -1.49. The topological polar surface area (TPSA) is 216 Å². The zero-order valence-corrected chi connectivity index (χ0v) is 44.4. The maximum atomic E-state index is 17.4. The Hall–Kier alpha value is -7.06. The number of fused-ring (bicyclic) bond motifs is 2. The Labute approximate surface area is 443 Å². The molecular weight excluding hydrogens is 1010 g/mol. The number of benzene rings is 3. The van der Waals surface area contributed by atoms with Gasteiger partial charge < -0.3 is 34.6 Å². The van der Waals surface area contributed by atoms with Crippen LogP contribution in [0.25, 0.3) is 22.2 Å². The molecular formula is C53H59ClFN14O6P. The summed E-state index contributed by atoms with van der Waals surface area (Å²) < 4.78 is 38.5. The van der Waals surface area contributed by atoms with E-state index in [1.54, 1.807) is 74.1 Å². The van der Waals surface area contributed by atoms with Crippen LogP contribution in [0, 0.1) is 11.7 Å². The van der Waals surface area contributed by atoms with E-state index in [2.05, 4.69) is 60.6 Å². The number of methoxy groups -OCH3 is 1. The van der Waals surface area contributed by atoms with Crippen molar-refractivity contribution in [3.63, 3.8) is 0 Å². The fourth-order valence-electron chi connectivity index (χ4n) is 11.6. The Kier molecular flexibility index (Phi) is 14.0. The Morgan fingerprint density at radius 2 is 1.59 bits per heavy atom. The van der Waals surface area contributed by atoms with E-state index >= 15 is 4.39 Å². The molecule has 4 saturated heterocycles. The number of anilines is 6. The van der Waals surface area contributed by atoms with E-state index in [-0.39, 0.29) is 41.1 Å². The van der Waals surface area contributed by atoms with Gasteiger partial charge in [0, 0.05) is 107 Å². The molecule has 0 radical (unpaired) electrons. The van der Waals surface area contributed by atoms with Gasteiger partial charge in [0.2, 0.25) is 17.8 Å². The minimum Gasteiger partial charge on any atom is -0.494 e. The molecule has 396 valence electrons. The summed E-state index contributed by atoms with van der Waals surface area (Å²) in [7, 11) is 0.402. The molecule has 4 fully saturated rings. The van der Waals surface area contributed by atoms with Gasteiger partial charge in [0.1, 0.15) is 35.2 Å². The number of carbonyl (C=O) groups is 4. The lowest BCUT2D eigenvalue weighted by atomic mass is 9.93. The molecule has 0 spiro atoms. The van der Waals surface area contributed by atoms with Crippen LogP contribution in [0.3, 0.4) is 0 Å². The number of amides is 4. The second kappa shape index (κ2) is 20.8. The number of piperidine rings is 3. The van der Waals surface area contributed by atoms with Crippen LogP contribution in [0.15, 0.2) is 67.4 Å². The minimum absolute atomic E-state index is 0.0414. The first-order chi connectivity index (χ1) is 36.6. The van der Waals surface area contributed by atoms with E-state index < -0.39 is 42.6 Å². The molecule has 3 aromatic carbocycles. The highest BCUT2D eigenvalue weighted by molar-refractivity contribution is 7.71. The first-order valence-corrected chi connectivity index (χ1v) is 28.7. The van der Waals surface area contributed by atoms with Crippen molar-refractivity contribution in [2.24, 2.45) is 13.0 Å². The molecule has 0 saturated carbocycles. The van der Waals surface area contributed by atoms with Crippen molar-refractivity contribution in [2.45, 2.75) is 50.6 Å². The van der Waals surface area contributed by atoms with E-state index in [0.29, 0.717) is 75.0 Å². The first kappa shape index (κ1) is 51.1. The molecule has 20 nitrogen and oxygen atoms in total. The number of hydrogen-bond donors (Lipinski definition) is 3. The minimum atomic E-state index is -2.90. The lowest BCUT2D eigenvalue weighted by Crippen LogP contribution is -2.54. The third-order valence-electron chi connectivity index (χ3n) is 15.5. The Balaban J connectivity index is 0.711. The van der Waals surface area contributed by atoms with E-state index in [4.69, 9.17) is 16.3 Å². The molecule has 0 aliphatic carbocycles. The summed E-state index contributed by atoms with van der Waals surface area (Å²) in [5, 5.41) is 13.7. The van der Waals surface area contributed by atoms with Crippen LogP contribution < -0.4 is 35.8 Å². The summed E-state index contributed by atoms with van der Waals surface area (Å²) in [6.45, 7) is 11.1. The van der Waals surface area contributed by atoms with Crippen LogP contribution in [-0.2, 0) is 21.2 Å². The van der Waals surface area contributed by atoms with Crippen LogP contribution in [0.4, 0.5) is 38.9 Å². The Morgan fingerprint density at radius 1 is 0.842 bits per heavy atom. The van der Waals surface area contributed by atoms with Crippen LogP contribution in [0.1, 0.15) is 59.2 Å². The largest absolute Gasteiger partial charge is 0.494 e. The monoisotopic (exact) mass is 1070 g/mol. The van der Waals surface area contributed by atoms with Crippen molar-refractivity contribution in [3.8, 4) is 16.9 Å². The molecule has 0 bridgehead atoms. The highest BCUT2D eigenvalue weighted by Crippen LogP contribution is 2.45. The van der Waals surface area contributed by atoms with Crippen LogP contribution in [-0.4, -0.2) is 159 Å². The van der Waals surface area contributed by atoms with Gasteiger partial charge in [0.15, 0.2) is 11.6 Å². The fraction of sp³-hybridized carbons (Fsp3) is 0.415. The number of nitrogens with zero attached hydrogens (tertiary/aromatic N) is 11. The molecule has 3 N–H and O–H groups in total. The van der Waals surface area contributed by atoms with Gasteiger partial charge in [-0.05, 0) is 94.8 Å². The average molecular weight is 1070 g/mol. The molecule has 76 heavy (non-hydrogen) atoms. The molecule has 1 unspecified atom stereocenters. The highest BCUT2D eigenvalue weighted by Gasteiger charge is 2.45. The van der Waals surface area contributed by atoms with Gasteiger partial charge in [-0.1, -0.05) is 11.6 Å². The SMILES string of the molecule is COc1cc(N2CCN(C3CCN(CC4CCN(c5ccc6c(c5)C(=O)N(C5CCC(=O)NC5=O)C6=O)CC4)CC3)CC2)c(-c2cnn(C)c2)c(F)c1Nc1ncc(Cl)c(Nc2ccc3nccnc3c2P(C)(C)=O)n1. The maximum Gasteiger partial charge on any atom is 0.262 e. The van der Waals surface area contributed by atoms with Gasteiger partial charge in [-0.3, -0.25) is 48.9 Å². The number of rotatable bonds is 13. The number of carbonyl (C=O) groups excluding carboxylic acids is 4. The number of aromatic nitrogens is 6. The Bertz CT molecular complexity index is 3330. The van der Waals surface area contributed by atoms with Gasteiger partial charge in [-0.15, -0.1) is 0 Å². The van der Waals surface area contributed by atoms with Gasteiger partial charge in [0.25, 0.3) is 11.8 Å². The Morgan fingerprint density at radius 3 is 2.30 bits per heavy atom. The molecule has 3 aromatic heterocycles. The number of nitrogens with one attached hydrogen (secondary N) is 3. The summed E-state index contributed by atoms with van der Waals surface area (Å²) in [4.78, 5) is 79.5. The van der Waals surface area contributed by atoms with Crippen LogP contribution >= 0.6 is 18.7 Å². The third-order valence-corrected chi connectivity index (χ3v) is 17.3. The van der Waals surface area contributed by atoms with Gasteiger partial charge in [-0.2, -0.15) is 10.1 Å². The van der Waals surface area contributed by atoms with E-state index in [9.17, 15) is 23.7 Å². The van der Waals surface area contributed by atoms with Crippen molar-refractivity contribution in [1.82, 2.24) is 49.7 Å². The van der Waals surface area contributed by atoms with Gasteiger partial charge in [0.05, 0.1) is 52.8 Å². The second-order valence-corrected chi connectivity index (χ2v) is 24.2. The standard InChI is InChI=1S/C53H59ClFN14O6P/c1-64-30-32(27-59-64)44-41(26-42(75-2)47(45(44)55)62-53-58-28-37(54)49(63-53)60-39-8-7-38-46(57-16-15-56-38)48(39)76(3,4)74)68-23-21-67(22-24-68)33-13-17-65(18-14-33)29-31-11-19-66(20-12-31)34-5-6-35-36(25-34)52(73)69(51(35)72)40-9-10-43(70)61-50(40)71/h5-8,15-16,25-28,30-31,33,40H,9-14,17-24,29H2,1-4H3,(H,61,70,71)(H2,58,60,62,63). The smallest absolute Gasteiger partial charge is 0.262 e. The summed E-state index contributed by atoms with van der Waals surface area (Å²) >= 11 is 6.64. The second-order valence-electron chi connectivity index (χ2n) is 20.6. The molecule has 23 heteroatoms. The fourth-order valence-corrected chi connectivity index (χ4v) is 13.1. The molecule has 1 atom stereocenters. The number of piperazine rings is 1. The number of hydrogen-bond acceptors (Lipinski definition) is 17. The number of ether oxygens (including phenoxy) is 1. The third kappa shape index (κ3) is 9.96. The molecule has 8 heterocycles. The number of halogens is 2. The van der Waals surface area contributed by atoms with Gasteiger partial charge >= 0.3 is 0 Å². The quantitative estimate of drug-likeness (QED) is 0.0859. The normalized spacial score (nSPS) is 19.4. The van der Waals surface area contributed by atoms with E-state index in [0.717, 1.165) is 82.1 Å². The van der Waals surface area contributed by atoms with Crippen LogP contribution in [0.5, 0.6) is 5.75 Å². The number of aryl methyl sites for hydroxylation is 1. The first-order valence-electron chi connectivity index (χ1n) is 25.7. The van der Waals surface area contributed by atoms with Gasteiger partial charge in [-0.25, -0.2) is 9.37 Å². The van der Waals surface area contributed by atoms with E-state index in [1.807, 2.05) is 12.1 Å². The zero-order valence-electron chi connectivity index (χ0n) is 42.8. The summed E-state index contributed by atoms with van der Waals surface area (Å²) in [6, 6.07) is 10.2. The maximum absolute atomic E-state index is 17.4. The summed E-state index contributed by atoms with van der Waals surface area (Å²) in [6.07, 6.45) is 12.4. The predicted molar refractivity (Wildman–Crippen MR) is 289 cm³/mol. The zero-order chi connectivity index (χ0) is 53.0. The van der Waals surface area contributed by atoms with Crippen molar-refractivity contribution in [1.29, 1.82) is 0 Å². The summed E-state index contributed by atoms with van der Waals surface area (Å²) in [5.41, 5.74) is 4.80.